The number of ether oxygens (including phenoxy) is 1. The van der Waals surface area contributed by atoms with Crippen LogP contribution < -0.4 is 15.2 Å². The molecule has 3 aliphatic rings. The van der Waals surface area contributed by atoms with E-state index in [9.17, 15) is 14.7 Å². The molecule has 0 radical (unpaired) electrons. The first-order chi connectivity index (χ1) is 16.2. The topological polar surface area (TPSA) is 89.6 Å². The van der Waals surface area contributed by atoms with Crippen LogP contribution in [0.5, 0.6) is 5.75 Å². The molecule has 1 atom stereocenters. The quantitative estimate of drug-likeness (QED) is 0.631. The minimum atomic E-state index is -1.20. The number of carboxylic acid groups (broad SMARTS) is 1. The molecule has 8 heteroatoms. The number of rotatable bonds is 3. The van der Waals surface area contributed by atoms with Crippen LogP contribution in [0.15, 0.2) is 35.5 Å². The Morgan fingerprint density at radius 1 is 1.26 bits per heavy atom. The van der Waals surface area contributed by atoms with Gasteiger partial charge < -0.3 is 9.84 Å². The summed E-state index contributed by atoms with van der Waals surface area (Å²) in [6.07, 6.45) is 8.10. The summed E-state index contributed by atoms with van der Waals surface area (Å²) in [5.41, 5.74) is 5.18. The minimum absolute atomic E-state index is 0.0754. The van der Waals surface area contributed by atoms with E-state index in [1.807, 2.05) is 15.6 Å². The lowest BCUT2D eigenvalue weighted by Crippen LogP contribution is -2.50. The molecule has 0 amide bonds. The van der Waals surface area contributed by atoms with Crippen molar-refractivity contribution in [2.24, 2.45) is 0 Å². The lowest BCUT2D eigenvalue weighted by atomic mass is 9.86. The minimum Gasteiger partial charge on any atom is -0.492 e. The molecule has 3 aliphatic heterocycles. The fourth-order valence-electron chi connectivity index (χ4n) is 5.87. The molecule has 176 valence electrons. The normalized spacial score (nSPS) is 19.4. The number of fused-ring (bicyclic) bond motifs is 8. The maximum Gasteiger partial charge on any atom is 0.341 e. The largest absolute Gasteiger partial charge is 0.492 e. The zero-order valence-corrected chi connectivity index (χ0v) is 19.8. The molecule has 34 heavy (non-hydrogen) atoms. The molecule has 1 aromatic carbocycles. The molecule has 0 saturated carbocycles. The van der Waals surface area contributed by atoms with E-state index in [0.717, 1.165) is 53.0 Å². The van der Waals surface area contributed by atoms with Gasteiger partial charge in [0.05, 0.1) is 30.1 Å². The summed E-state index contributed by atoms with van der Waals surface area (Å²) in [7, 11) is 0. The fourth-order valence-corrected chi connectivity index (χ4v) is 5.87. The molecule has 0 aliphatic carbocycles. The van der Waals surface area contributed by atoms with Gasteiger partial charge in [0.2, 0.25) is 0 Å². The molecule has 5 heterocycles. The number of benzene rings is 1. The van der Waals surface area contributed by atoms with Crippen LogP contribution in [0.1, 0.15) is 74.1 Å². The second-order valence-electron chi connectivity index (χ2n) is 10.4. The van der Waals surface area contributed by atoms with Gasteiger partial charge in [0, 0.05) is 53.2 Å². The van der Waals surface area contributed by atoms with E-state index in [0.29, 0.717) is 6.61 Å². The third kappa shape index (κ3) is 2.80. The number of carbonyl (C=O) groups is 1. The van der Waals surface area contributed by atoms with Gasteiger partial charge in [-0.25, -0.2) is 4.79 Å². The van der Waals surface area contributed by atoms with Crippen molar-refractivity contribution in [2.45, 2.75) is 64.6 Å². The number of aromatic nitrogens is 3. The average molecular weight is 461 g/mol. The molecule has 1 unspecified atom stereocenters. The van der Waals surface area contributed by atoms with Gasteiger partial charge >= 0.3 is 5.97 Å². The SMILES string of the molecule is CC(C)n1cc(-c2cc3c(c4c2OCC4)-c2cc(=O)c(C(=O)O)cn2N2C3CCC2(C)C)cn1. The first kappa shape index (κ1) is 21.0. The highest BCUT2D eigenvalue weighted by molar-refractivity contribution is 5.89. The Morgan fingerprint density at radius 2 is 2.06 bits per heavy atom. The van der Waals surface area contributed by atoms with Gasteiger partial charge in [-0.05, 0) is 52.2 Å². The number of hydrogen-bond acceptors (Lipinski definition) is 5. The summed E-state index contributed by atoms with van der Waals surface area (Å²) in [6, 6.07) is 4.03. The fraction of sp³-hybridized carbons (Fsp3) is 0.423. The molecule has 2 aromatic heterocycles. The van der Waals surface area contributed by atoms with E-state index in [1.54, 1.807) is 0 Å². The summed E-state index contributed by atoms with van der Waals surface area (Å²) in [5, 5.41) is 16.4. The van der Waals surface area contributed by atoms with Gasteiger partial charge in [0.25, 0.3) is 0 Å². The van der Waals surface area contributed by atoms with Crippen molar-refractivity contribution in [3.05, 3.63) is 57.6 Å². The highest BCUT2D eigenvalue weighted by Crippen LogP contribution is 2.53. The number of hydrogen-bond donors (Lipinski definition) is 1. The van der Waals surface area contributed by atoms with Crippen LogP contribution in [0.2, 0.25) is 0 Å². The summed E-state index contributed by atoms with van der Waals surface area (Å²) < 4.78 is 10.0. The van der Waals surface area contributed by atoms with Crippen molar-refractivity contribution in [3.8, 4) is 28.1 Å². The lowest BCUT2D eigenvalue weighted by molar-refractivity contribution is 0.0694. The van der Waals surface area contributed by atoms with Crippen molar-refractivity contribution in [2.75, 3.05) is 11.6 Å². The summed E-state index contributed by atoms with van der Waals surface area (Å²) >= 11 is 0. The molecule has 8 nitrogen and oxygen atoms in total. The molecule has 0 spiro atoms. The number of pyridine rings is 1. The molecule has 6 rings (SSSR count). The third-order valence-electron chi connectivity index (χ3n) is 7.50. The van der Waals surface area contributed by atoms with Crippen molar-refractivity contribution in [1.29, 1.82) is 0 Å². The van der Waals surface area contributed by atoms with E-state index in [2.05, 4.69) is 50.1 Å². The number of carboxylic acids is 1. The van der Waals surface area contributed by atoms with E-state index in [-0.39, 0.29) is 23.2 Å². The van der Waals surface area contributed by atoms with Crippen LogP contribution in [0.25, 0.3) is 22.4 Å². The second kappa shape index (κ2) is 6.98. The van der Waals surface area contributed by atoms with E-state index in [4.69, 9.17) is 4.74 Å². The van der Waals surface area contributed by atoms with Gasteiger partial charge in [0.1, 0.15) is 11.3 Å². The Bertz CT molecular complexity index is 1410. The zero-order valence-electron chi connectivity index (χ0n) is 19.8. The van der Waals surface area contributed by atoms with Gasteiger partial charge in [-0.2, -0.15) is 5.10 Å². The van der Waals surface area contributed by atoms with Crippen LogP contribution >= 0.6 is 0 Å². The van der Waals surface area contributed by atoms with Crippen LogP contribution in [0.4, 0.5) is 0 Å². The highest BCUT2D eigenvalue weighted by Gasteiger charge is 2.46. The van der Waals surface area contributed by atoms with Crippen molar-refractivity contribution in [1.82, 2.24) is 14.5 Å². The Labute approximate surface area is 197 Å². The predicted molar refractivity (Wildman–Crippen MR) is 128 cm³/mol. The highest BCUT2D eigenvalue weighted by atomic mass is 16.5. The Morgan fingerprint density at radius 3 is 2.76 bits per heavy atom. The smallest absolute Gasteiger partial charge is 0.341 e. The second-order valence-corrected chi connectivity index (χ2v) is 10.4. The van der Waals surface area contributed by atoms with Crippen LogP contribution in [-0.4, -0.2) is 37.7 Å². The van der Waals surface area contributed by atoms with Gasteiger partial charge in [0.15, 0.2) is 5.43 Å². The molecule has 1 saturated heterocycles. The molecule has 1 fully saturated rings. The predicted octanol–water partition coefficient (Wildman–Crippen LogP) is 4.16. The molecule has 0 bridgehead atoms. The standard InChI is InChI=1S/C26H28N4O4/c1-14(2)28-12-15(11-27-28)17-9-18-20-5-7-26(3,4)30(20)29-13-19(25(32)33)22(31)10-21(29)23(18)16-6-8-34-24(16)17/h9-14,20H,5-8H2,1-4H3,(H,32,33). The Kier molecular flexibility index (Phi) is 4.31. The van der Waals surface area contributed by atoms with Crippen molar-refractivity contribution in [3.63, 3.8) is 0 Å². The van der Waals surface area contributed by atoms with E-state index >= 15 is 0 Å². The molecular formula is C26H28N4O4. The average Bonchev–Trinajstić information content (AvgIpc) is 3.51. The van der Waals surface area contributed by atoms with Crippen molar-refractivity contribution >= 4 is 5.97 Å². The first-order valence-corrected chi connectivity index (χ1v) is 11.8. The van der Waals surface area contributed by atoms with Crippen LogP contribution in [-0.2, 0) is 6.42 Å². The maximum atomic E-state index is 12.8. The first-order valence-electron chi connectivity index (χ1n) is 11.8. The van der Waals surface area contributed by atoms with Gasteiger partial charge in [-0.3, -0.25) is 19.2 Å². The maximum absolute atomic E-state index is 12.8. The lowest BCUT2D eigenvalue weighted by Gasteiger charge is -2.45. The van der Waals surface area contributed by atoms with E-state index in [1.165, 1.54) is 17.8 Å². The Hall–Kier alpha value is -3.55. The van der Waals surface area contributed by atoms with Gasteiger partial charge in [-0.1, -0.05) is 0 Å². The van der Waals surface area contributed by atoms with Gasteiger partial charge in [-0.15, -0.1) is 0 Å². The van der Waals surface area contributed by atoms with Crippen LogP contribution in [0.3, 0.4) is 0 Å². The van der Waals surface area contributed by atoms with E-state index < -0.39 is 11.4 Å². The zero-order chi connectivity index (χ0) is 23.9. The monoisotopic (exact) mass is 460 g/mol. The number of aromatic carboxylic acids is 1. The van der Waals surface area contributed by atoms with Crippen LogP contribution in [0, 0.1) is 0 Å². The molecule has 1 N–H and O–H groups in total. The summed E-state index contributed by atoms with van der Waals surface area (Å²) in [4.78, 5) is 24.6. The third-order valence-corrected chi connectivity index (χ3v) is 7.50. The summed E-state index contributed by atoms with van der Waals surface area (Å²) in [5.74, 6) is -0.361. The summed E-state index contributed by atoms with van der Waals surface area (Å²) in [6.45, 7) is 9.12. The van der Waals surface area contributed by atoms with Crippen molar-refractivity contribution < 1.29 is 14.6 Å². The molecular weight excluding hydrogens is 432 g/mol. The molecule has 3 aromatic rings. The number of nitrogens with zero attached hydrogens (tertiary/aromatic N) is 4. The Balaban J connectivity index is 1.66.